The quantitative estimate of drug-likeness (QED) is 0.328. The summed E-state index contributed by atoms with van der Waals surface area (Å²) in [4.78, 5) is 4.71. The van der Waals surface area contributed by atoms with Crippen LogP contribution in [-0.2, 0) is 5.75 Å². The Morgan fingerprint density at radius 3 is 2.59 bits per heavy atom. The highest BCUT2D eigenvalue weighted by molar-refractivity contribution is 7.98. The number of aromatic nitrogens is 3. The molecule has 2 heterocycles. The van der Waals surface area contributed by atoms with Crippen molar-refractivity contribution < 1.29 is 14.2 Å². The Labute approximate surface area is 206 Å². The van der Waals surface area contributed by atoms with Crippen LogP contribution in [0.4, 0.5) is 5.69 Å². The summed E-state index contributed by atoms with van der Waals surface area (Å²) in [7, 11) is 3.15. The molecule has 34 heavy (non-hydrogen) atoms. The van der Waals surface area contributed by atoms with Crippen LogP contribution in [0, 0.1) is 0 Å². The van der Waals surface area contributed by atoms with Gasteiger partial charge in [-0.05, 0) is 17.7 Å². The number of rotatable bonds is 6. The summed E-state index contributed by atoms with van der Waals surface area (Å²) in [6, 6.07) is 21.4. The van der Waals surface area contributed by atoms with Crippen LogP contribution in [0.3, 0.4) is 0 Å². The van der Waals surface area contributed by atoms with E-state index in [0.29, 0.717) is 38.8 Å². The molecule has 0 amide bonds. The predicted molar refractivity (Wildman–Crippen MR) is 133 cm³/mol. The molecule has 0 fully saturated rings. The van der Waals surface area contributed by atoms with Gasteiger partial charge in [-0.15, -0.1) is 10.2 Å². The summed E-state index contributed by atoms with van der Waals surface area (Å²) in [5.41, 5.74) is 4.07. The fourth-order valence-corrected chi connectivity index (χ4v) is 4.68. The smallest absolute Gasteiger partial charge is 0.247 e. The summed E-state index contributed by atoms with van der Waals surface area (Å²) in [6.07, 6.45) is -0.659. The molecule has 5 rings (SSSR count). The second kappa shape index (κ2) is 9.79. The van der Waals surface area contributed by atoms with E-state index in [1.54, 1.807) is 26.4 Å². The maximum absolute atomic E-state index is 6.38. The molecule has 0 bridgehead atoms. The van der Waals surface area contributed by atoms with Gasteiger partial charge < -0.3 is 19.5 Å². The van der Waals surface area contributed by atoms with E-state index in [9.17, 15) is 0 Å². The summed E-state index contributed by atoms with van der Waals surface area (Å²) < 4.78 is 17.5. The normalized spacial score (nSPS) is 14.1. The molecule has 1 aromatic heterocycles. The Hall–Kier alpha value is -3.49. The van der Waals surface area contributed by atoms with Crippen LogP contribution in [-0.4, -0.2) is 29.4 Å². The van der Waals surface area contributed by atoms with Crippen LogP contribution in [0.1, 0.15) is 17.4 Å². The van der Waals surface area contributed by atoms with Crippen molar-refractivity contribution in [3.8, 4) is 28.6 Å². The standard InChI is InChI=1S/C25H21ClN4O3S/c1-31-20-13-16(26)12-18(22(20)32-2)23-27-19-11-7-6-10-17(19)21-24(33-23)28-25(30-29-21)34-14-15-8-4-3-5-9-15/h3-13,23,27H,14H2,1-2H3/t23-/m1/s1. The predicted octanol–water partition coefficient (Wildman–Crippen LogP) is 6.00. The monoisotopic (exact) mass is 492 g/mol. The van der Waals surface area contributed by atoms with Crippen molar-refractivity contribution in [1.29, 1.82) is 0 Å². The van der Waals surface area contributed by atoms with E-state index in [1.165, 1.54) is 17.3 Å². The molecule has 4 aromatic rings. The summed E-state index contributed by atoms with van der Waals surface area (Å²) in [5, 5.41) is 13.3. The van der Waals surface area contributed by atoms with Gasteiger partial charge in [-0.2, -0.15) is 4.98 Å². The first-order chi connectivity index (χ1) is 16.7. The molecule has 7 nitrogen and oxygen atoms in total. The van der Waals surface area contributed by atoms with Crippen molar-refractivity contribution in [2.24, 2.45) is 0 Å². The minimum atomic E-state index is -0.659. The van der Waals surface area contributed by atoms with E-state index in [1.807, 2.05) is 42.5 Å². The molecule has 0 saturated heterocycles. The lowest BCUT2D eigenvalue weighted by Crippen LogP contribution is -2.18. The van der Waals surface area contributed by atoms with Gasteiger partial charge in [0.1, 0.15) is 0 Å². The average molecular weight is 493 g/mol. The van der Waals surface area contributed by atoms with Crippen LogP contribution < -0.4 is 19.5 Å². The van der Waals surface area contributed by atoms with E-state index < -0.39 is 6.23 Å². The van der Waals surface area contributed by atoms with Gasteiger partial charge in [0.15, 0.2) is 17.2 Å². The molecule has 0 saturated carbocycles. The lowest BCUT2D eigenvalue weighted by Gasteiger charge is -2.22. The SMILES string of the molecule is COc1cc(Cl)cc([C@@H]2Nc3ccccc3-c3nnc(SCc4ccccc4)nc3O2)c1OC. The number of thioether (sulfide) groups is 1. The second-order valence-corrected chi connectivity index (χ2v) is 8.82. The molecular weight excluding hydrogens is 472 g/mol. The highest BCUT2D eigenvalue weighted by atomic mass is 35.5. The Morgan fingerprint density at radius 2 is 1.79 bits per heavy atom. The highest BCUT2D eigenvalue weighted by Gasteiger charge is 2.29. The first kappa shape index (κ1) is 22.3. The van der Waals surface area contributed by atoms with Crippen molar-refractivity contribution in [3.05, 3.63) is 82.9 Å². The van der Waals surface area contributed by atoms with Gasteiger partial charge >= 0.3 is 0 Å². The number of hydrogen-bond acceptors (Lipinski definition) is 8. The van der Waals surface area contributed by atoms with Gasteiger partial charge in [0, 0.05) is 28.1 Å². The largest absolute Gasteiger partial charge is 0.493 e. The molecule has 1 aliphatic heterocycles. The molecule has 3 aromatic carbocycles. The molecule has 0 radical (unpaired) electrons. The number of methoxy groups -OCH3 is 2. The number of para-hydroxylation sites is 1. The van der Waals surface area contributed by atoms with Gasteiger partial charge in [0.05, 0.1) is 19.8 Å². The molecule has 0 spiro atoms. The molecule has 0 unspecified atom stereocenters. The Bertz CT molecular complexity index is 1320. The van der Waals surface area contributed by atoms with Crippen LogP contribution in [0.5, 0.6) is 17.4 Å². The van der Waals surface area contributed by atoms with E-state index in [4.69, 9.17) is 30.8 Å². The van der Waals surface area contributed by atoms with Crippen LogP contribution >= 0.6 is 23.4 Å². The molecule has 1 N–H and O–H groups in total. The van der Waals surface area contributed by atoms with Gasteiger partial charge in [-0.25, -0.2) is 0 Å². The topological polar surface area (TPSA) is 78.4 Å². The fourth-order valence-electron chi connectivity index (χ4n) is 3.72. The second-order valence-electron chi connectivity index (χ2n) is 7.44. The third kappa shape index (κ3) is 4.47. The summed E-state index contributed by atoms with van der Waals surface area (Å²) >= 11 is 7.88. The van der Waals surface area contributed by atoms with Crippen LogP contribution in [0.2, 0.25) is 5.02 Å². The first-order valence-corrected chi connectivity index (χ1v) is 11.9. The maximum Gasteiger partial charge on any atom is 0.247 e. The number of nitrogens with one attached hydrogen (secondary N) is 1. The number of benzene rings is 3. The lowest BCUT2D eigenvalue weighted by molar-refractivity contribution is 0.218. The van der Waals surface area contributed by atoms with E-state index in [2.05, 4.69) is 27.6 Å². The number of nitrogens with zero attached hydrogens (tertiary/aromatic N) is 3. The van der Waals surface area contributed by atoms with Gasteiger partial charge in [0.2, 0.25) is 17.3 Å². The average Bonchev–Trinajstić information content (AvgIpc) is 3.04. The molecule has 0 aliphatic carbocycles. The third-order valence-electron chi connectivity index (χ3n) is 5.30. The molecule has 1 aliphatic rings. The summed E-state index contributed by atoms with van der Waals surface area (Å²) in [5.74, 6) is 2.12. The number of fused-ring (bicyclic) bond motifs is 3. The van der Waals surface area contributed by atoms with Gasteiger partial charge in [0.25, 0.3) is 0 Å². The van der Waals surface area contributed by atoms with E-state index in [-0.39, 0.29) is 0 Å². The van der Waals surface area contributed by atoms with Gasteiger partial charge in [-0.3, -0.25) is 0 Å². The fraction of sp³-hybridized carbons (Fsp3) is 0.160. The minimum Gasteiger partial charge on any atom is -0.493 e. The van der Waals surface area contributed by atoms with Crippen molar-refractivity contribution >= 4 is 29.1 Å². The number of ether oxygens (including phenoxy) is 3. The number of hydrogen-bond donors (Lipinski definition) is 1. The minimum absolute atomic E-state index is 0.369. The van der Waals surface area contributed by atoms with Crippen LogP contribution in [0.25, 0.3) is 11.3 Å². The molecular formula is C25H21ClN4O3S. The van der Waals surface area contributed by atoms with Crippen molar-refractivity contribution in [3.63, 3.8) is 0 Å². The van der Waals surface area contributed by atoms with Gasteiger partial charge in [-0.1, -0.05) is 71.9 Å². The molecule has 172 valence electrons. The zero-order valence-corrected chi connectivity index (χ0v) is 20.1. The van der Waals surface area contributed by atoms with E-state index in [0.717, 1.165) is 17.0 Å². The van der Waals surface area contributed by atoms with E-state index >= 15 is 0 Å². The Kier molecular flexibility index (Phi) is 6.42. The zero-order valence-electron chi connectivity index (χ0n) is 18.5. The van der Waals surface area contributed by atoms with Crippen molar-refractivity contribution in [1.82, 2.24) is 15.2 Å². The Morgan fingerprint density at radius 1 is 1.00 bits per heavy atom. The number of halogens is 1. The Balaban J connectivity index is 1.55. The first-order valence-electron chi connectivity index (χ1n) is 10.5. The molecule has 1 atom stereocenters. The number of anilines is 1. The zero-order chi connectivity index (χ0) is 23.5. The third-order valence-corrected chi connectivity index (χ3v) is 6.43. The van der Waals surface area contributed by atoms with Crippen molar-refractivity contribution in [2.45, 2.75) is 17.1 Å². The maximum atomic E-state index is 6.38. The lowest BCUT2D eigenvalue weighted by atomic mass is 10.1. The van der Waals surface area contributed by atoms with Crippen LogP contribution in [0.15, 0.2) is 71.9 Å². The summed E-state index contributed by atoms with van der Waals surface area (Å²) in [6.45, 7) is 0. The highest BCUT2D eigenvalue weighted by Crippen LogP contribution is 2.44. The molecule has 9 heteroatoms. The van der Waals surface area contributed by atoms with Crippen molar-refractivity contribution in [2.75, 3.05) is 19.5 Å².